The van der Waals surface area contributed by atoms with Gasteiger partial charge in [0.05, 0.1) is 16.8 Å². The molecule has 0 unspecified atom stereocenters. The van der Waals surface area contributed by atoms with E-state index in [2.05, 4.69) is 29.3 Å². The van der Waals surface area contributed by atoms with Crippen LogP contribution in [0.2, 0.25) is 0 Å². The molecule has 4 heteroatoms. The zero-order valence-electron chi connectivity index (χ0n) is 7.37. The zero-order chi connectivity index (χ0) is 9.26. The SMILES string of the molecule is Cc1ccc(-c2[nH]ncc2CN)s1. The van der Waals surface area contributed by atoms with Gasteiger partial charge in [0, 0.05) is 17.0 Å². The summed E-state index contributed by atoms with van der Waals surface area (Å²) >= 11 is 1.75. The van der Waals surface area contributed by atoms with Crippen LogP contribution in [0.3, 0.4) is 0 Å². The van der Waals surface area contributed by atoms with Gasteiger partial charge in [0.1, 0.15) is 0 Å². The normalized spacial score (nSPS) is 10.6. The van der Waals surface area contributed by atoms with E-state index in [1.807, 2.05) is 0 Å². The van der Waals surface area contributed by atoms with Gasteiger partial charge < -0.3 is 5.73 Å². The molecular weight excluding hydrogens is 182 g/mol. The van der Waals surface area contributed by atoms with Crippen molar-refractivity contribution in [3.05, 3.63) is 28.8 Å². The minimum absolute atomic E-state index is 0.531. The maximum atomic E-state index is 5.58. The Hall–Kier alpha value is -1.13. The second-order valence-electron chi connectivity index (χ2n) is 2.88. The molecule has 0 aliphatic heterocycles. The van der Waals surface area contributed by atoms with Gasteiger partial charge in [-0.2, -0.15) is 5.10 Å². The Kier molecular flexibility index (Phi) is 2.16. The van der Waals surface area contributed by atoms with Gasteiger partial charge in [-0.15, -0.1) is 11.3 Å². The predicted octanol–water partition coefficient (Wildman–Crippen LogP) is 1.91. The summed E-state index contributed by atoms with van der Waals surface area (Å²) in [5, 5.41) is 6.95. The number of aryl methyl sites for hydroxylation is 1. The van der Waals surface area contributed by atoms with Gasteiger partial charge in [0.2, 0.25) is 0 Å². The van der Waals surface area contributed by atoms with E-state index in [1.165, 1.54) is 9.75 Å². The monoisotopic (exact) mass is 193 g/mol. The molecule has 2 heterocycles. The Bertz CT molecular complexity index is 402. The van der Waals surface area contributed by atoms with Gasteiger partial charge in [0.15, 0.2) is 0 Å². The van der Waals surface area contributed by atoms with Gasteiger partial charge in [-0.05, 0) is 19.1 Å². The summed E-state index contributed by atoms with van der Waals surface area (Å²) < 4.78 is 0. The molecule has 0 aromatic carbocycles. The maximum absolute atomic E-state index is 5.58. The Morgan fingerprint density at radius 1 is 1.54 bits per heavy atom. The highest BCUT2D eigenvalue weighted by Crippen LogP contribution is 2.28. The summed E-state index contributed by atoms with van der Waals surface area (Å²) in [7, 11) is 0. The van der Waals surface area contributed by atoms with Crippen LogP contribution in [0, 0.1) is 6.92 Å². The van der Waals surface area contributed by atoms with Crippen LogP contribution in [-0.2, 0) is 6.54 Å². The number of nitrogens with two attached hydrogens (primary N) is 1. The lowest BCUT2D eigenvalue weighted by atomic mass is 10.2. The molecule has 2 rings (SSSR count). The van der Waals surface area contributed by atoms with Gasteiger partial charge in [-0.25, -0.2) is 0 Å². The summed E-state index contributed by atoms with van der Waals surface area (Å²) in [6.07, 6.45) is 1.78. The van der Waals surface area contributed by atoms with E-state index >= 15 is 0 Å². The minimum Gasteiger partial charge on any atom is -0.326 e. The first-order valence-corrected chi connectivity index (χ1v) is 4.92. The topological polar surface area (TPSA) is 54.7 Å². The van der Waals surface area contributed by atoms with Gasteiger partial charge in [-0.1, -0.05) is 0 Å². The Balaban J connectivity index is 2.45. The Labute approximate surface area is 80.6 Å². The molecule has 13 heavy (non-hydrogen) atoms. The van der Waals surface area contributed by atoms with E-state index < -0.39 is 0 Å². The van der Waals surface area contributed by atoms with Crippen molar-refractivity contribution in [2.24, 2.45) is 5.73 Å². The first-order valence-electron chi connectivity index (χ1n) is 4.10. The molecule has 0 bridgehead atoms. The molecule has 3 nitrogen and oxygen atoms in total. The standard InChI is InChI=1S/C9H11N3S/c1-6-2-3-8(13-6)9-7(4-10)5-11-12-9/h2-3,5H,4,10H2,1H3,(H,11,12). The number of aromatic amines is 1. The quantitative estimate of drug-likeness (QED) is 0.765. The van der Waals surface area contributed by atoms with Crippen molar-refractivity contribution in [1.82, 2.24) is 10.2 Å². The van der Waals surface area contributed by atoms with Crippen LogP contribution in [-0.4, -0.2) is 10.2 Å². The van der Waals surface area contributed by atoms with Crippen LogP contribution >= 0.6 is 11.3 Å². The third-order valence-corrected chi connectivity index (χ3v) is 2.94. The van der Waals surface area contributed by atoms with E-state index in [0.717, 1.165) is 11.3 Å². The first kappa shape index (κ1) is 8.47. The molecule has 0 radical (unpaired) electrons. The molecule has 0 aliphatic rings. The van der Waals surface area contributed by atoms with E-state index in [4.69, 9.17) is 5.73 Å². The number of hydrogen-bond acceptors (Lipinski definition) is 3. The van der Waals surface area contributed by atoms with Crippen LogP contribution in [0.25, 0.3) is 10.6 Å². The summed E-state index contributed by atoms with van der Waals surface area (Å²) in [5.41, 5.74) is 7.71. The van der Waals surface area contributed by atoms with Crippen LogP contribution in [0.5, 0.6) is 0 Å². The highest BCUT2D eigenvalue weighted by molar-refractivity contribution is 7.15. The molecule has 0 aliphatic carbocycles. The summed E-state index contributed by atoms with van der Waals surface area (Å²) in [5.74, 6) is 0. The van der Waals surface area contributed by atoms with Crippen molar-refractivity contribution < 1.29 is 0 Å². The van der Waals surface area contributed by atoms with Crippen LogP contribution in [0.15, 0.2) is 18.3 Å². The highest BCUT2D eigenvalue weighted by Gasteiger charge is 2.07. The van der Waals surface area contributed by atoms with E-state index in [0.29, 0.717) is 6.54 Å². The van der Waals surface area contributed by atoms with E-state index in [-0.39, 0.29) is 0 Å². The average molecular weight is 193 g/mol. The van der Waals surface area contributed by atoms with Crippen molar-refractivity contribution in [1.29, 1.82) is 0 Å². The smallest absolute Gasteiger partial charge is 0.0794 e. The lowest BCUT2D eigenvalue weighted by molar-refractivity contribution is 1.08. The second-order valence-corrected chi connectivity index (χ2v) is 4.17. The minimum atomic E-state index is 0.531. The van der Waals surface area contributed by atoms with Crippen molar-refractivity contribution >= 4 is 11.3 Å². The molecule has 0 spiro atoms. The second kappa shape index (κ2) is 3.32. The van der Waals surface area contributed by atoms with Crippen molar-refractivity contribution in [3.8, 4) is 10.6 Å². The molecule has 0 atom stereocenters. The zero-order valence-corrected chi connectivity index (χ0v) is 8.19. The van der Waals surface area contributed by atoms with Gasteiger partial charge in [0.25, 0.3) is 0 Å². The summed E-state index contributed by atoms with van der Waals surface area (Å²) in [6.45, 7) is 2.62. The average Bonchev–Trinajstić information content (AvgIpc) is 2.71. The van der Waals surface area contributed by atoms with Crippen LogP contribution in [0.1, 0.15) is 10.4 Å². The fourth-order valence-electron chi connectivity index (χ4n) is 1.25. The third kappa shape index (κ3) is 1.50. The fraction of sp³-hybridized carbons (Fsp3) is 0.222. The first-order chi connectivity index (χ1) is 6.31. The van der Waals surface area contributed by atoms with Crippen LogP contribution in [0.4, 0.5) is 0 Å². The molecule has 0 saturated heterocycles. The van der Waals surface area contributed by atoms with Crippen molar-refractivity contribution in [2.45, 2.75) is 13.5 Å². The molecule has 0 saturated carbocycles. The van der Waals surface area contributed by atoms with Crippen molar-refractivity contribution in [2.75, 3.05) is 0 Å². The third-order valence-electron chi connectivity index (χ3n) is 1.92. The highest BCUT2D eigenvalue weighted by atomic mass is 32.1. The fourth-order valence-corrected chi connectivity index (χ4v) is 2.15. The number of thiophene rings is 1. The number of H-pyrrole nitrogens is 1. The number of rotatable bonds is 2. The molecule has 0 fully saturated rings. The molecular formula is C9H11N3S. The molecule has 3 N–H and O–H groups in total. The van der Waals surface area contributed by atoms with Gasteiger partial charge in [-0.3, -0.25) is 5.10 Å². The predicted molar refractivity (Wildman–Crippen MR) is 54.5 cm³/mol. The lowest BCUT2D eigenvalue weighted by Gasteiger charge is -1.95. The molecule has 2 aromatic heterocycles. The number of hydrogen-bond donors (Lipinski definition) is 2. The number of nitrogens with one attached hydrogen (secondary N) is 1. The van der Waals surface area contributed by atoms with Crippen molar-refractivity contribution in [3.63, 3.8) is 0 Å². The summed E-state index contributed by atoms with van der Waals surface area (Å²) in [4.78, 5) is 2.50. The van der Waals surface area contributed by atoms with E-state index in [1.54, 1.807) is 17.5 Å². The molecule has 2 aromatic rings. The van der Waals surface area contributed by atoms with Gasteiger partial charge >= 0.3 is 0 Å². The maximum Gasteiger partial charge on any atom is 0.0794 e. The number of nitrogens with zero attached hydrogens (tertiary/aromatic N) is 1. The Morgan fingerprint density at radius 3 is 3.00 bits per heavy atom. The molecule has 68 valence electrons. The summed E-state index contributed by atoms with van der Waals surface area (Å²) in [6, 6.07) is 4.19. The van der Waals surface area contributed by atoms with Crippen LogP contribution < -0.4 is 5.73 Å². The number of aromatic nitrogens is 2. The molecule has 0 amide bonds. The lowest BCUT2D eigenvalue weighted by Crippen LogP contribution is -1.95. The largest absolute Gasteiger partial charge is 0.326 e. The Morgan fingerprint density at radius 2 is 2.38 bits per heavy atom. The van der Waals surface area contributed by atoms with E-state index in [9.17, 15) is 0 Å².